The molecular formula is C15H26O2. The van der Waals surface area contributed by atoms with Crippen molar-refractivity contribution in [2.45, 2.75) is 70.5 Å². The number of rotatable bonds is 1. The van der Waals surface area contributed by atoms with Gasteiger partial charge in [0.1, 0.15) is 0 Å². The Kier molecular flexibility index (Phi) is 2.95. The van der Waals surface area contributed by atoms with Gasteiger partial charge >= 0.3 is 0 Å². The molecule has 0 aromatic heterocycles. The first-order valence-corrected chi connectivity index (χ1v) is 6.80. The third-order valence-electron chi connectivity index (χ3n) is 5.47. The third kappa shape index (κ3) is 2.06. The molecule has 0 radical (unpaired) electrons. The summed E-state index contributed by atoms with van der Waals surface area (Å²) in [5.74, 6) is 0.194. The van der Waals surface area contributed by atoms with Crippen LogP contribution in [0.4, 0.5) is 0 Å². The van der Waals surface area contributed by atoms with Crippen molar-refractivity contribution in [3.63, 3.8) is 0 Å². The van der Waals surface area contributed by atoms with Crippen molar-refractivity contribution >= 4 is 0 Å². The van der Waals surface area contributed by atoms with E-state index in [-0.39, 0.29) is 11.3 Å². The molecule has 98 valence electrons. The molecule has 0 amide bonds. The molecule has 0 aromatic carbocycles. The average molecular weight is 238 g/mol. The van der Waals surface area contributed by atoms with Crippen molar-refractivity contribution in [3.8, 4) is 0 Å². The smallest absolute Gasteiger partial charge is 0.0855 e. The minimum atomic E-state index is -0.758. The largest absolute Gasteiger partial charge is 0.390 e. The van der Waals surface area contributed by atoms with Crippen LogP contribution in [-0.2, 0) is 0 Å². The van der Waals surface area contributed by atoms with Crippen LogP contribution >= 0.6 is 0 Å². The highest BCUT2D eigenvalue weighted by molar-refractivity contribution is 5.16. The van der Waals surface area contributed by atoms with E-state index in [1.54, 1.807) is 0 Å². The van der Waals surface area contributed by atoms with Gasteiger partial charge in [0, 0.05) is 0 Å². The minimum absolute atomic E-state index is 0.194. The normalized spacial score (nSPS) is 50.8. The molecule has 2 aliphatic rings. The molecule has 0 aliphatic heterocycles. The van der Waals surface area contributed by atoms with Crippen LogP contribution in [0.3, 0.4) is 0 Å². The van der Waals surface area contributed by atoms with Crippen molar-refractivity contribution in [2.24, 2.45) is 11.3 Å². The van der Waals surface area contributed by atoms with E-state index >= 15 is 0 Å². The second-order valence-corrected chi connectivity index (χ2v) is 6.93. The van der Waals surface area contributed by atoms with Gasteiger partial charge in [-0.05, 0) is 62.9 Å². The highest BCUT2D eigenvalue weighted by atomic mass is 16.3. The summed E-state index contributed by atoms with van der Waals surface area (Å²) in [7, 11) is 0. The average Bonchev–Trinajstić information content (AvgIpc) is 2.20. The fourth-order valence-electron chi connectivity index (χ4n) is 4.03. The Balaban J connectivity index is 2.29. The Morgan fingerprint density at radius 2 is 1.76 bits per heavy atom. The molecule has 2 saturated carbocycles. The highest BCUT2D eigenvalue weighted by Crippen LogP contribution is 2.57. The van der Waals surface area contributed by atoms with Gasteiger partial charge in [-0.2, -0.15) is 0 Å². The maximum Gasteiger partial charge on any atom is 0.0855 e. The molecule has 17 heavy (non-hydrogen) atoms. The topological polar surface area (TPSA) is 40.5 Å². The zero-order valence-electron chi connectivity index (χ0n) is 11.4. The fraction of sp³-hybridized carbons (Fsp3) is 0.867. The zero-order chi connectivity index (χ0) is 12.9. The monoisotopic (exact) mass is 238 g/mol. The van der Waals surface area contributed by atoms with Gasteiger partial charge in [0.2, 0.25) is 0 Å². The molecule has 0 saturated heterocycles. The quantitative estimate of drug-likeness (QED) is 0.689. The summed E-state index contributed by atoms with van der Waals surface area (Å²) in [6.45, 7) is 10.1. The van der Waals surface area contributed by atoms with Gasteiger partial charge in [0.05, 0.1) is 11.2 Å². The van der Waals surface area contributed by atoms with Gasteiger partial charge in [-0.1, -0.05) is 19.9 Å². The Morgan fingerprint density at radius 1 is 1.12 bits per heavy atom. The molecule has 0 spiro atoms. The van der Waals surface area contributed by atoms with E-state index in [1.165, 1.54) is 6.42 Å². The lowest BCUT2D eigenvalue weighted by Crippen LogP contribution is -2.55. The van der Waals surface area contributed by atoms with Crippen LogP contribution < -0.4 is 0 Å². The van der Waals surface area contributed by atoms with E-state index in [0.717, 1.165) is 31.3 Å². The van der Waals surface area contributed by atoms with Crippen LogP contribution in [-0.4, -0.2) is 21.4 Å². The van der Waals surface area contributed by atoms with Crippen molar-refractivity contribution in [1.82, 2.24) is 0 Å². The Bertz CT molecular complexity index is 334. The molecule has 0 bridgehead atoms. The van der Waals surface area contributed by atoms with Crippen LogP contribution in [0.2, 0.25) is 0 Å². The summed E-state index contributed by atoms with van der Waals surface area (Å²) >= 11 is 0. The highest BCUT2D eigenvalue weighted by Gasteiger charge is 2.54. The molecule has 2 nitrogen and oxygen atoms in total. The zero-order valence-corrected chi connectivity index (χ0v) is 11.4. The Morgan fingerprint density at radius 3 is 2.35 bits per heavy atom. The van der Waals surface area contributed by atoms with Crippen LogP contribution in [0, 0.1) is 11.3 Å². The lowest BCUT2D eigenvalue weighted by atomic mass is 9.52. The first-order chi connectivity index (χ1) is 7.70. The number of hydrogen-bond acceptors (Lipinski definition) is 2. The van der Waals surface area contributed by atoms with Crippen molar-refractivity contribution < 1.29 is 10.2 Å². The van der Waals surface area contributed by atoms with Crippen LogP contribution in [0.25, 0.3) is 0 Å². The summed E-state index contributed by atoms with van der Waals surface area (Å²) in [5, 5.41) is 21.2. The number of hydrogen-bond donors (Lipinski definition) is 2. The molecule has 4 atom stereocenters. The first-order valence-electron chi connectivity index (χ1n) is 6.80. The van der Waals surface area contributed by atoms with Crippen molar-refractivity contribution in [2.75, 3.05) is 0 Å². The van der Waals surface area contributed by atoms with Gasteiger partial charge in [0.25, 0.3) is 0 Å². The number of fused-ring (bicyclic) bond motifs is 1. The molecule has 2 aliphatic carbocycles. The summed E-state index contributed by atoms with van der Waals surface area (Å²) in [5.41, 5.74) is -0.341. The van der Waals surface area contributed by atoms with E-state index in [4.69, 9.17) is 0 Å². The summed E-state index contributed by atoms with van der Waals surface area (Å²) in [6, 6.07) is 0. The predicted molar refractivity (Wildman–Crippen MR) is 69.7 cm³/mol. The molecule has 2 fully saturated rings. The minimum Gasteiger partial charge on any atom is -0.390 e. The summed E-state index contributed by atoms with van der Waals surface area (Å²) < 4.78 is 0. The SMILES string of the molecule is C=C(C)[C@@]1(O)CC[C@]2(C)CCC[C@](C)(O)[C@H]2C1. The number of aliphatic hydroxyl groups is 2. The van der Waals surface area contributed by atoms with Gasteiger partial charge in [-0.15, -0.1) is 0 Å². The molecule has 2 rings (SSSR count). The molecule has 2 heteroatoms. The molecule has 0 unspecified atom stereocenters. The second kappa shape index (κ2) is 3.83. The summed E-state index contributed by atoms with van der Waals surface area (Å²) in [4.78, 5) is 0. The molecule has 0 heterocycles. The Hall–Kier alpha value is -0.340. The molecule has 2 N–H and O–H groups in total. The second-order valence-electron chi connectivity index (χ2n) is 6.93. The van der Waals surface area contributed by atoms with E-state index in [9.17, 15) is 10.2 Å². The standard InChI is InChI=1S/C15H26O2/c1-11(2)15(17)9-8-13(3)6-5-7-14(4,16)12(13)10-15/h12,16-17H,1,5-10H2,2-4H3/t12-,13-,14-,15+/m0/s1. The van der Waals surface area contributed by atoms with Crippen molar-refractivity contribution in [3.05, 3.63) is 12.2 Å². The van der Waals surface area contributed by atoms with Crippen LogP contribution in [0.1, 0.15) is 59.3 Å². The predicted octanol–water partition coefficient (Wildman–Crippen LogP) is 3.03. The summed E-state index contributed by atoms with van der Waals surface area (Å²) in [6.07, 6.45) is 5.61. The van der Waals surface area contributed by atoms with Crippen LogP contribution in [0.5, 0.6) is 0 Å². The maximum atomic E-state index is 10.6. The van der Waals surface area contributed by atoms with Gasteiger partial charge in [-0.25, -0.2) is 0 Å². The van der Waals surface area contributed by atoms with E-state index in [0.29, 0.717) is 6.42 Å². The van der Waals surface area contributed by atoms with E-state index < -0.39 is 11.2 Å². The van der Waals surface area contributed by atoms with Gasteiger partial charge < -0.3 is 10.2 Å². The van der Waals surface area contributed by atoms with Gasteiger partial charge in [-0.3, -0.25) is 0 Å². The lowest BCUT2D eigenvalue weighted by Gasteiger charge is -2.56. The van der Waals surface area contributed by atoms with E-state index in [2.05, 4.69) is 13.5 Å². The molecule has 0 aromatic rings. The first kappa shape index (κ1) is 13.1. The maximum absolute atomic E-state index is 10.6. The van der Waals surface area contributed by atoms with Gasteiger partial charge in [0.15, 0.2) is 0 Å². The lowest BCUT2D eigenvalue weighted by molar-refractivity contribution is -0.152. The van der Waals surface area contributed by atoms with Crippen LogP contribution in [0.15, 0.2) is 12.2 Å². The Labute approximate surface area is 105 Å². The fourth-order valence-corrected chi connectivity index (χ4v) is 4.03. The third-order valence-corrected chi connectivity index (χ3v) is 5.47. The van der Waals surface area contributed by atoms with E-state index in [1.807, 2.05) is 13.8 Å². The molecular weight excluding hydrogens is 212 g/mol. The van der Waals surface area contributed by atoms with Crippen molar-refractivity contribution in [1.29, 1.82) is 0 Å².